The molecule has 28 heavy (non-hydrogen) atoms. The lowest BCUT2D eigenvalue weighted by Crippen LogP contribution is -2.55. The first-order valence-electron chi connectivity index (χ1n) is 9.22. The molecule has 0 unspecified atom stereocenters. The molecule has 0 radical (unpaired) electrons. The van der Waals surface area contributed by atoms with Crippen molar-refractivity contribution in [1.29, 1.82) is 0 Å². The number of nitrogens with zero attached hydrogens (tertiary/aromatic N) is 2. The van der Waals surface area contributed by atoms with E-state index >= 15 is 0 Å². The molecule has 3 rings (SSSR count). The van der Waals surface area contributed by atoms with Crippen LogP contribution in [0.2, 0.25) is 0 Å². The number of hydrogen-bond donors (Lipinski definition) is 1. The first-order valence-corrected chi connectivity index (χ1v) is 11.0. The van der Waals surface area contributed by atoms with E-state index in [0.717, 1.165) is 12.1 Å². The maximum absolute atomic E-state index is 12.9. The Kier molecular flexibility index (Phi) is 5.90. The number of sulfone groups is 1. The molecule has 2 aliphatic heterocycles. The largest absolute Gasteiger partial charge is 0.416 e. The predicted molar refractivity (Wildman–Crippen MR) is 99.9 cm³/mol. The van der Waals surface area contributed by atoms with Crippen LogP contribution < -0.4 is 10.2 Å². The van der Waals surface area contributed by atoms with Crippen molar-refractivity contribution in [3.63, 3.8) is 0 Å². The Balaban J connectivity index is 1.54. The molecule has 2 fully saturated rings. The molecule has 0 aliphatic carbocycles. The average Bonchev–Trinajstić information content (AvgIpc) is 2.99. The van der Waals surface area contributed by atoms with E-state index in [9.17, 15) is 26.4 Å². The van der Waals surface area contributed by atoms with Crippen LogP contribution in [-0.4, -0.2) is 69.0 Å². The van der Waals surface area contributed by atoms with Crippen molar-refractivity contribution < 1.29 is 26.4 Å². The highest BCUT2D eigenvalue weighted by atomic mass is 32.2. The van der Waals surface area contributed by atoms with Crippen LogP contribution in [0.5, 0.6) is 0 Å². The number of nitrogens with one attached hydrogen (secondary N) is 1. The second-order valence-corrected chi connectivity index (χ2v) is 9.58. The van der Waals surface area contributed by atoms with E-state index in [-0.39, 0.29) is 23.5 Å². The molecule has 0 saturated carbocycles. The maximum atomic E-state index is 12.9. The van der Waals surface area contributed by atoms with Crippen molar-refractivity contribution >= 4 is 21.4 Å². The fourth-order valence-corrected chi connectivity index (χ4v) is 5.32. The first-order chi connectivity index (χ1) is 13.0. The van der Waals surface area contributed by atoms with E-state index in [1.165, 1.54) is 6.07 Å². The zero-order valence-corrected chi connectivity index (χ0v) is 16.4. The van der Waals surface area contributed by atoms with Gasteiger partial charge >= 0.3 is 6.18 Å². The van der Waals surface area contributed by atoms with Crippen LogP contribution in [0.4, 0.5) is 18.9 Å². The summed E-state index contributed by atoms with van der Waals surface area (Å²) in [6.07, 6.45) is -3.94. The maximum Gasteiger partial charge on any atom is 0.416 e. The number of benzene rings is 1. The summed E-state index contributed by atoms with van der Waals surface area (Å²) in [5, 5.41) is 2.80. The van der Waals surface area contributed by atoms with E-state index in [1.54, 1.807) is 13.0 Å². The normalized spacial score (nSPS) is 24.1. The number of halogens is 3. The second-order valence-electron chi connectivity index (χ2n) is 7.36. The second kappa shape index (κ2) is 7.90. The third kappa shape index (κ3) is 4.96. The van der Waals surface area contributed by atoms with Gasteiger partial charge in [-0.1, -0.05) is 6.07 Å². The molecule has 2 aliphatic rings. The summed E-state index contributed by atoms with van der Waals surface area (Å²) in [5.41, 5.74) is -0.158. The molecule has 0 spiro atoms. The highest BCUT2D eigenvalue weighted by molar-refractivity contribution is 7.91. The van der Waals surface area contributed by atoms with Crippen LogP contribution in [0.25, 0.3) is 0 Å². The van der Waals surface area contributed by atoms with Gasteiger partial charge in [0.05, 0.1) is 23.1 Å². The number of anilines is 1. The van der Waals surface area contributed by atoms with E-state index in [0.29, 0.717) is 38.3 Å². The van der Waals surface area contributed by atoms with Crippen LogP contribution in [0.3, 0.4) is 0 Å². The minimum atomic E-state index is -4.38. The third-order valence-corrected chi connectivity index (χ3v) is 7.13. The molecule has 1 N–H and O–H groups in total. The van der Waals surface area contributed by atoms with Gasteiger partial charge in [-0.3, -0.25) is 9.69 Å². The highest BCUT2D eigenvalue weighted by Gasteiger charge is 2.33. The van der Waals surface area contributed by atoms with Gasteiger partial charge < -0.3 is 10.2 Å². The van der Waals surface area contributed by atoms with E-state index in [2.05, 4.69) is 5.32 Å². The van der Waals surface area contributed by atoms with E-state index in [1.807, 2.05) is 9.80 Å². The van der Waals surface area contributed by atoms with Crippen molar-refractivity contribution in [1.82, 2.24) is 10.2 Å². The minimum absolute atomic E-state index is 0.0191. The van der Waals surface area contributed by atoms with Gasteiger partial charge in [0.2, 0.25) is 5.91 Å². The molecule has 0 aromatic heterocycles. The van der Waals surface area contributed by atoms with Gasteiger partial charge in [-0.15, -0.1) is 0 Å². The predicted octanol–water partition coefficient (Wildman–Crippen LogP) is 1.52. The van der Waals surface area contributed by atoms with Crippen LogP contribution in [0.15, 0.2) is 24.3 Å². The van der Waals surface area contributed by atoms with Crippen molar-refractivity contribution in [3.05, 3.63) is 29.8 Å². The summed E-state index contributed by atoms with van der Waals surface area (Å²) in [7, 11) is -3.06. The molecule has 10 heteroatoms. The quantitative estimate of drug-likeness (QED) is 0.802. The average molecular weight is 419 g/mol. The number of carbonyl (C=O) groups excluding carboxylic acids is 1. The molecule has 2 heterocycles. The molecule has 156 valence electrons. The topological polar surface area (TPSA) is 69.7 Å². The van der Waals surface area contributed by atoms with Gasteiger partial charge in [0.25, 0.3) is 0 Å². The molecular formula is C18H24F3N3O3S. The van der Waals surface area contributed by atoms with Gasteiger partial charge in [-0.05, 0) is 31.5 Å². The molecule has 1 amide bonds. The number of hydrogen-bond acceptors (Lipinski definition) is 5. The number of amides is 1. The lowest BCUT2D eigenvalue weighted by Gasteiger charge is -2.38. The highest BCUT2D eigenvalue weighted by Crippen LogP contribution is 2.32. The molecular weight excluding hydrogens is 395 g/mol. The Bertz CT molecular complexity index is 821. The van der Waals surface area contributed by atoms with Gasteiger partial charge in [0.1, 0.15) is 0 Å². The summed E-state index contributed by atoms with van der Waals surface area (Å²) in [6.45, 7) is 3.85. The first kappa shape index (κ1) is 20.9. The SMILES string of the molecule is C[C@H](C(=O)N[C@H]1CCS(=O)(=O)C1)N1CCN(c2cccc(C(F)(F)F)c2)CC1. The van der Waals surface area contributed by atoms with Crippen molar-refractivity contribution in [3.8, 4) is 0 Å². The number of alkyl halides is 3. The molecule has 0 bridgehead atoms. The lowest BCUT2D eigenvalue weighted by molar-refractivity contribution is -0.137. The van der Waals surface area contributed by atoms with Gasteiger partial charge in [-0.25, -0.2) is 8.42 Å². The summed E-state index contributed by atoms with van der Waals surface area (Å²) in [6, 6.07) is 4.48. The fourth-order valence-electron chi connectivity index (χ4n) is 3.64. The van der Waals surface area contributed by atoms with Crippen molar-refractivity contribution in [2.45, 2.75) is 31.6 Å². The fraction of sp³-hybridized carbons (Fsp3) is 0.611. The Morgan fingerprint density at radius 2 is 1.89 bits per heavy atom. The van der Waals surface area contributed by atoms with Crippen LogP contribution in [0, 0.1) is 0 Å². The zero-order valence-electron chi connectivity index (χ0n) is 15.6. The van der Waals surface area contributed by atoms with Gasteiger partial charge in [-0.2, -0.15) is 13.2 Å². The van der Waals surface area contributed by atoms with Crippen LogP contribution in [0.1, 0.15) is 18.9 Å². The third-order valence-electron chi connectivity index (χ3n) is 5.36. The Morgan fingerprint density at radius 1 is 1.21 bits per heavy atom. The summed E-state index contributed by atoms with van der Waals surface area (Å²) in [5.74, 6) is -0.133. The van der Waals surface area contributed by atoms with Crippen LogP contribution >= 0.6 is 0 Å². The Morgan fingerprint density at radius 3 is 2.46 bits per heavy atom. The Labute approximate surface area is 162 Å². The Hall–Kier alpha value is -1.81. The number of rotatable bonds is 4. The summed E-state index contributed by atoms with van der Waals surface area (Å²) < 4.78 is 61.7. The van der Waals surface area contributed by atoms with Crippen LogP contribution in [-0.2, 0) is 20.8 Å². The van der Waals surface area contributed by atoms with Gasteiger partial charge in [0, 0.05) is 37.9 Å². The van der Waals surface area contributed by atoms with E-state index in [4.69, 9.17) is 0 Å². The van der Waals surface area contributed by atoms with Crippen molar-refractivity contribution in [2.24, 2.45) is 0 Å². The smallest absolute Gasteiger partial charge is 0.369 e. The monoisotopic (exact) mass is 419 g/mol. The number of piperazine rings is 1. The standard InChI is InChI=1S/C18H24F3N3O3S/c1-13(17(25)22-15-5-10-28(26,27)12-15)23-6-8-24(9-7-23)16-4-2-3-14(11-16)18(19,20)21/h2-4,11,13,15H,5-10,12H2,1H3,(H,22,25)/t13-,15+/m1/s1. The van der Waals surface area contributed by atoms with Gasteiger partial charge in [0.15, 0.2) is 9.84 Å². The molecule has 1 aromatic carbocycles. The summed E-state index contributed by atoms with van der Waals surface area (Å²) in [4.78, 5) is 16.3. The molecule has 2 atom stereocenters. The molecule has 1 aromatic rings. The molecule has 2 saturated heterocycles. The van der Waals surface area contributed by atoms with E-state index < -0.39 is 27.6 Å². The molecule has 6 nitrogen and oxygen atoms in total. The van der Waals surface area contributed by atoms with Crippen molar-refractivity contribution in [2.75, 3.05) is 42.6 Å². The number of carbonyl (C=O) groups is 1. The summed E-state index contributed by atoms with van der Waals surface area (Å²) >= 11 is 0. The zero-order chi connectivity index (χ0) is 20.5. The lowest BCUT2D eigenvalue weighted by atomic mass is 10.1. The minimum Gasteiger partial charge on any atom is -0.369 e.